The van der Waals surface area contributed by atoms with E-state index in [1.54, 1.807) is 36.3 Å². The van der Waals surface area contributed by atoms with Crippen molar-refractivity contribution in [3.05, 3.63) is 63.9 Å². The van der Waals surface area contributed by atoms with Crippen molar-refractivity contribution in [2.45, 2.75) is 19.9 Å². The average Bonchev–Trinajstić information content (AvgIpc) is 3.32. The molecule has 8 heteroatoms. The second-order valence-electron chi connectivity index (χ2n) is 7.33. The number of fused-ring (bicyclic) bond motifs is 1. The molecule has 0 aliphatic carbocycles. The molecule has 1 fully saturated rings. The van der Waals surface area contributed by atoms with Gasteiger partial charge in [-0.05, 0) is 43.2 Å². The Morgan fingerprint density at radius 3 is 2.93 bits per heavy atom. The molecule has 0 bridgehead atoms. The van der Waals surface area contributed by atoms with Crippen molar-refractivity contribution in [1.82, 2.24) is 19.8 Å². The van der Waals surface area contributed by atoms with Crippen molar-refractivity contribution >= 4 is 22.9 Å². The van der Waals surface area contributed by atoms with E-state index in [2.05, 4.69) is 10.3 Å². The van der Waals surface area contributed by atoms with Crippen LogP contribution < -0.4 is 11.1 Å². The van der Waals surface area contributed by atoms with Crippen molar-refractivity contribution in [2.24, 2.45) is 13.0 Å². The van der Waals surface area contributed by atoms with Gasteiger partial charge < -0.3 is 14.6 Å². The molecule has 1 saturated heterocycles. The molecule has 29 heavy (non-hydrogen) atoms. The van der Waals surface area contributed by atoms with Crippen LogP contribution in [0.5, 0.6) is 0 Å². The van der Waals surface area contributed by atoms with Gasteiger partial charge in [-0.2, -0.15) is 0 Å². The SMILES string of the molecule is Cc1cccnc1CNC(=O)C1CCN(C(=O)c2ccc3oc(=O)n(C)c3c2)C1. The fourth-order valence-electron chi connectivity index (χ4n) is 3.62. The predicted molar refractivity (Wildman–Crippen MR) is 106 cm³/mol. The molecule has 1 aliphatic heterocycles. The Labute approximate surface area is 167 Å². The summed E-state index contributed by atoms with van der Waals surface area (Å²) in [4.78, 5) is 43.0. The molecule has 2 aromatic heterocycles. The second-order valence-corrected chi connectivity index (χ2v) is 7.33. The quantitative estimate of drug-likeness (QED) is 0.725. The smallest absolute Gasteiger partial charge is 0.408 e. The fourth-order valence-corrected chi connectivity index (χ4v) is 3.62. The van der Waals surface area contributed by atoms with Gasteiger partial charge in [-0.25, -0.2) is 4.79 Å². The van der Waals surface area contributed by atoms with Gasteiger partial charge >= 0.3 is 5.76 Å². The standard InChI is InChI=1S/C21H22N4O4/c1-13-4-3-8-22-16(13)11-23-19(26)15-7-9-25(12-15)20(27)14-5-6-18-17(10-14)24(2)21(28)29-18/h3-6,8,10,15H,7,9,11-12H2,1-2H3,(H,23,26). The summed E-state index contributed by atoms with van der Waals surface area (Å²) in [5.41, 5.74) is 3.35. The van der Waals surface area contributed by atoms with Crippen molar-refractivity contribution in [3.8, 4) is 0 Å². The Morgan fingerprint density at radius 1 is 1.31 bits per heavy atom. The Balaban J connectivity index is 1.40. The number of carbonyl (C=O) groups is 2. The van der Waals surface area contributed by atoms with Crippen molar-refractivity contribution in [3.63, 3.8) is 0 Å². The molecule has 2 amide bonds. The third kappa shape index (κ3) is 3.65. The third-order valence-electron chi connectivity index (χ3n) is 5.43. The van der Waals surface area contributed by atoms with Crippen LogP contribution in [0.1, 0.15) is 28.0 Å². The highest BCUT2D eigenvalue weighted by Gasteiger charge is 2.31. The van der Waals surface area contributed by atoms with E-state index >= 15 is 0 Å². The predicted octanol–water partition coefficient (Wildman–Crippen LogP) is 1.61. The van der Waals surface area contributed by atoms with E-state index < -0.39 is 5.76 Å². The van der Waals surface area contributed by atoms with Gasteiger partial charge in [0.25, 0.3) is 5.91 Å². The Bertz CT molecular complexity index is 1150. The summed E-state index contributed by atoms with van der Waals surface area (Å²) < 4.78 is 6.47. The minimum atomic E-state index is -0.467. The maximum absolute atomic E-state index is 12.9. The van der Waals surface area contributed by atoms with Crippen molar-refractivity contribution in [1.29, 1.82) is 0 Å². The fraction of sp³-hybridized carbons (Fsp3) is 0.333. The number of nitrogens with one attached hydrogen (secondary N) is 1. The van der Waals surface area contributed by atoms with Gasteiger partial charge in [0.1, 0.15) is 0 Å². The molecule has 3 heterocycles. The summed E-state index contributed by atoms with van der Waals surface area (Å²) in [6, 6.07) is 8.74. The van der Waals surface area contributed by atoms with E-state index in [-0.39, 0.29) is 17.7 Å². The van der Waals surface area contributed by atoms with Crippen LogP contribution in [-0.4, -0.2) is 39.4 Å². The Hall–Kier alpha value is -3.42. The molecule has 1 aromatic carbocycles. The third-order valence-corrected chi connectivity index (χ3v) is 5.43. The molecule has 3 aromatic rings. The van der Waals surface area contributed by atoms with Crippen LogP contribution in [0, 0.1) is 12.8 Å². The number of pyridine rings is 1. The lowest BCUT2D eigenvalue weighted by Crippen LogP contribution is -2.34. The number of rotatable bonds is 4. The van der Waals surface area contributed by atoms with Crippen LogP contribution in [0.25, 0.3) is 11.1 Å². The van der Waals surface area contributed by atoms with Gasteiger partial charge in [-0.1, -0.05) is 6.07 Å². The second kappa shape index (κ2) is 7.54. The van der Waals surface area contributed by atoms with E-state index in [0.29, 0.717) is 42.7 Å². The first-order chi connectivity index (χ1) is 13.9. The highest BCUT2D eigenvalue weighted by molar-refractivity contribution is 5.97. The van der Waals surface area contributed by atoms with Gasteiger partial charge in [0.2, 0.25) is 5.91 Å². The minimum absolute atomic E-state index is 0.0713. The van der Waals surface area contributed by atoms with Crippen LogP contribution in [0.15, 0.2) is 45.7 Å². The number of aromatic nitrogens is 2. The van der Waals surface area contributed by atoms with Crippen LogP contribution in [0.4, 0.5) is 0 Å². The van der Waals surface area contributed by atoms with Gasteiger partial charge in [-0.15, -0.1) is 0 Å². The maximum Gasteiger partial charge on any atom is 0.419 e. The highest BCUT2D eigenvalue weighted by atomic mass is 16.4. The Morgan fingerprint density at radius 2 is 2.14 bits per heavy atom. The zero-order valence-electron chi connectivity index (χ0n) is 16.3. The number of nitrogens with zero attached hydrogens (tertiary/aromatic N) is 3. The summed E-state index contributed by atoms with van der Waals surface area (Å²) in [6.45, 7) is 3.22. The number of aryl methyl sites for hydroxylation is 2. The molecule has 8 nitrogen and oxygen atoms in total. The van der Waals surface area contributed by atoms with Crippen LogP contribution in [0.2, 0.25) is 0 Å². The molecule has 4 rings (SSSR count). The highest BCUT2D eigenvalue weighted by Crippen LogP contribution is 2.21. The molecule has 0 saturated carbocycles. The summed E-state index contributed by atoms with van der Waals surface area (Å²) in [7, 11) is 1.60. The van der Waals surface area contributed by atoms with Crippen molar-refractivity contribution in [2.75, 3.05) is 13.1 Å². The van der Waals surface area contributed by atoms with Crippen LogP contribution in [-0.2, 0) is 18.4 Å². The van der Waals surface area contributed by atoms with Gasteiger partial charge in [0.05, 0.1) is 23.7 Å². The monoisotopic (exact) mass is 394 g/mol. The molecule has 1 atom stereocenters. The van der Waals surface area contributed by atoms with E-state index in [0.717, 1.165) is 11.3 Å². The van der Waals surface area contributed by atoms with E-state index in [4.69, 9.17) is 4.42 Å². The summed E-state index contributed by atoms with van der Waals surface area (Å²) >= 11 is 0. The number of hydrogen-bond acceptors (Lipinski definition) is 5. The number of likely N-dealkylation sites (tertiary alicyclic amines) is 1. The molecule has 1 unspecified atom stereocenters. The van der Waals surface area contributed by atoms with Gasteiger partial charge in [-0.3, -0.25) is 19.1 Å². The molecular formula is C21H22N4O4. The molecule has 0 radical (unpaired) electrons. The molecule has 150 valence electrons. The Kier molecular flexibility index (Phi) is 4.92. The minimum Gasteiger partial charge on any atom is -0.408 e. The zero-order chi connectivity index (χ0) is 20.5. The zero-order valence-corrected chi connectivity index (χ0v) is 16.3. The average molecular weight is 394 g/mol. The first-order valence-corrected chi connectivity index (χ1v) is 9.51. The van der Waals surface area contributed by atoms with Gasteiger partial charge in [0, 0.05) is 31.9 Å². The van der Waals surface area contributed by atoms with E-state index in [1.807, 2.05) is 19.1 Å². The maximum atomic E-state index is 12.9. The lowest BCUT2D eigenvalue weighted by atomic mass is 10.1. The first kappa shape index (κ1) is 18.9. The van der Waals surface area contributed by atoms with E-state index in [1.165, 1.54) is 4.57 Å². The molecular weight excluding hydrogens is 372 g/mol. The number of carbonyl (C=O) groups excluding carboxylic acids is 2. The number of benzene rings is 1. The molecule has 0 spiro atoms. The first-order valence-electron chi connectivity index (χ1n) is 9.51. The van der Waals surface area contributed by atoms with E-state index in [9.17, 15) is 14.4 Å². The normalized spacial score (nSPS) is 16.3. The number of hydrogen-bond donors (Lipinski definition) is 1. The largest absolute Gasteiger partial charge is 0.419 e. The van der Waals surface area contributed by atoms with Crippen molar-refractivity contribution < 1.29 is 14.0 Å². The summed E-state index contributed by atoms with van der Waals surface area (Å²) in [5.74, 6) is -0.940. The van der Waals surface area contributed by atoms with Gasteiger partial charge in [0.15, 0.2) is 5.58 Å². The lowest BCUT2D eigenvalue weighted by molar-refractivity contribution is -0.124. The van der Waals surface area contributed by atoms with Crippen LogP contribution in [0.3, 0.4) is 0 Å². The van der Waals surface area contributed by atoms with Crippen LogP contribution >= 0.6 is 0 Å². The summed E-state index contributed by atoms with van der Waals surface area (Å²) in [5, 5.41) is 2.93. The summed E-state index contributed by atoms with van der Waals surface area (Å²) in [6.07, 6.45) is 2.32. The number of oxazole rings is 1. The number of amides is 2. The molecule has 1 aliphatic rings. The molecule has 1 N–H and O–H groups in total. The lowest BCUT2D eigenvalue weighted by Gasteiger charge is -2.17. The topological polar surface area (TPSA) is 97.4 Å².